The van der Waals surface area contributed by atoms with Crippen molar-refractivity contribution in [1.29, 1.82) is 0 Å². The van der Waals surface area contributed by atoms with Gasteiger partial charge in [-0.3, -0.25) is 9.59 Å². The molecule has 1 aromatic carbocycles. The molecule has 0 bridgehead atoms. The van der Waals surface area contributed by atoms with Crippen LogP contribution in [0.2, 0.25) is 0 Å². The van der Waals surface area contributed by atoms with E-state index in [0.717, 1.165) is 11.1 Å². The highest BCUT2D eigenvalue weighted by Crippen LogP contribution is 2.13. The van der Waals surface area contributed by atoms with Gasteiger partial charge in [0, 0.05) is 13.1 Å². The van der Waals surface area contributed by atoms with Gasteiger partial charge >= 0.3 is 12.1 Å². The van der Waals surface area contributed by atoms with E-state index in [0.29, 0.717) is 0 Å². The zero-order chi connectivity index (χ0) is 15.2. The molecule has 0 saturated carbocycles. The van der Waals surface area contributed by atoms with E-state index < -0.39 is 12.1 Å². The first kappa shape index (κ1) is 16.0. The van der Waals surface area contributed by atoms with E-state index in [9.17, 15) is 22.8 Å². The number of nitrogens with one attached hydrogen (secondary N) is 2. The van der Waals surface area contributed by atoms with E-state index in [1.165, 1.54) is 0 Å². The lowest BCUT2D eigenvalue weighted by atomic mass is 10.1. The number of hydrogen-bond acceptors (Lipinski definition) is 2. The number of halogens is 3. The number of amides is 2. The van der Waals surface area contributed by atoms with E-state index in [4.69, 9.17) is 0 Å². The van der Waals surface area contributed by atoms with Crippen molar-refractivity contribution in [3.05, 3.63) is 35.4 Å². The van der Waals surface area contributed by atoms with Gasteiger partial charge in [-0.15, -0.1) is 0 Å². The summed E-state index contributed by atoms with van der Waals surface area (Å²) in [5.74, 6) is -2.32. The lowest BCUT2D eigenvalue weighted by Crippen LogP contribution is -2.41. The van der Waals surface area contributed by atoms with Crippen molar-refractivity contribution < 1.29 is 22.8 Å². The third kappa shape index (κ3) is 5.73. The fourth-order valence-electron chi connectivity index (χ4n) is 1.43. The van der Waals surface area contributed by atoms with Crippen LogP contribution in [0, 0.1) is 6.92 Å². The Bertz CT molecular complexity index is 469. The highest BCUT2D eigenvalue weighted by atomic mass is 19.4. The molecule has 0 radical (unpaired) electrons. The second-order valence-corrected chi connectivity index (χ2v) is 4.27. The molecule has 0 saturated heterocycles. The topological polar surface area (TPSA) is 58.2 Å². The standard InChI is InChI=1S/C13H15F3N2O2/c1-9-2-4-10(5-3-9)8-11(19)17-6-7-18-12(20)13(14,15)16/h2-5H,6-8H2,1H3,(H,17,19)(H,18,20). The third-order valence-electron chi connectivity index (χ3n) is 2.48. The molecule has 7 heteroatoms. The molecule has 1 aromatic rings. The fourth-order valence-corrected chi connectivity index (χ4v) is 1.43. The van der Waals surface area contributed by atoms with Crippen LogP contribution >= 0.6 is 0 Å². The molecule has 0 aromatic heterocycles. The molecule has 4 nitrogen and oxygen atoms in total. The van der Waals surface area contributed by atoms with Gasteiger partial charge in [0.25, 0.3) is 0 Å². The summed E-state index contributed by atoms with van der Waals surface area (Å²) >= 11 is 0. The number of alkyl halides is 3. The summed E-state index contributed by atoms with van der Waals surface area (Å²) in [6.45, 7) is 1.61. The van der Waals surface area contributed by atoms with Crippen molar-refractivity contribution in [2.24, 2.45) is 0 Å². The molecule has 0 aliphatic heterocycles. The fraction of sp³-hybridized carbons (Fsp3) is 0.385. The lowest BCUT2D eigenvalue weighted by Gasteiger charge is -2.09. The number of hydrogen-bond donors (Lipinski definition) is 2. The monoisotopic (exact) mass is 288 g/mol. The smallest absolute Gasteiger partial charge is 0.354 e. The number of rotatable bonds is 5. The maximum absolute atomic E-state index is 11.9. The minimum Gasteiger partial charge on any atom is -0.354 e. The van der Waals surface area contributed by atoms with Gasteiger partial charge in [0.15, 0.2) is 0 Å². The van der Waals surface area contributed by atoms with E-state index in [-0.39, 0.29) is 25.4 Å². The van der Waals surface area contributed by atoms with Crippen LogP contribution in [0.3, 0.4) is 0 Å². The van der Waals surface area contributed by atoms with Gasteiger partial charge in [0.05, 0.1) is 6.42 Å². The van der Waals surface area contributed by atoms with Crippen molar-refractivity contribution in [3.8, 4) is 0 Å². The minimum absolute atomic E-state index is 0.0491. The van der Waals surface area contributed by atoms with Crippen molar-refractivity contribution in [3.63, 3.8) is 0 Å². The molecule has 110 valence electrons. The lowest BCUT2D eigenvalue weighted by molar-refractivity contribution is -0.173. The van der Waals surface area contributed by atoms with Crippen LogP contribution in [0.4, 0.5) is 13.2 Å². The number of carbonyl (C=O) groups excluding carboxylic acids is 2. The molecule has 0 unspecified atom stereocenters. The van der Waals surface area contributed by atoms with E-state index in [2.05, 4.69) is 5.32 Å². The minimum atomic E-state index is -4.90. The Morgan fingerprint density at radius 3 is 2.15 bits per heavy atom. The van der Waals surface area contributed by atoms with Gasteiger partial charge in [-0.25, -0.2) is 0 Å². The molecule has 2 N–H and O–H groups in total. The van der Waals surface area contributed by atoms with Crippen molar-refractivity contribution in [2.45, 2.75) is 19.5 Å². The third-order valence-corrected chi connectivity index (χ3v) is 2.48. The quantitative estimate of drug-likeness (QED) is 0.803. The molecule has 0 aliphatic carbocycles. The molecular formula is C13H15F3N2O2. The van der Waals surface area contributed by atoms with Gasteiger partial charge in [0.2, 0.25) is 5.91 Å². The van der Waals surface area contributed by atoms with Crippen LogP contribution < -0.4 is 10.6 Å². The summed E-state index contributed by atoms with van der Waals surface area (Å²) in [5.41, 5.74) is 1.89. The Labute approximate surface area is 114 Å². The van der Waals surface area contributed by atoms with Gasteiger partial charge < -0.3 is 10.6 Å². The summed E-state index contributed by atoms with van der Waals surface area (Å²) in [4.78, 5) is 22.0. The van der Waals surface area contributed by atoms with E-state index in [1.807, 2.05) is 19.1 Å². The van der Waals surface area contributed by atoms with Crippen LogP contribution in [-0.2, 0) is 16.0 Å². The molecule has 0 fully saturated rings. The average Bonchev–Trinajstić information content (AvgIpc) is 2.36. The van der Waals surface area contributed by atoms with Crippen molar-refractivity contribution in [1.82, 2.24) is 10.6 Å². The Morgan fingerprint density at radius 1 is 1.05 bits per heavy atom. The molecule has 20 heavy (non-hydrogen) atoms. The molecule has 1 rings (SSSR count). The normalized spacial score (nSPS) is 11.0. The molecule has 2 amide bonds. The maximum Gasteiger partial charge on any atom is 0.471 e. The second kappa shape index (κ2) is 6.93. The average molecular weight is 288 g/mol. The molecular weight excluding hydrogens is 273 g/mol. The Hall–Kier alpha value is -2.05. The summed E-state index contributed by atoms with van der Waals surface area (Å²) in [5, 5.41) is 4.10. The summed E-state index contributed by atoms with van der Waals surface area (Å²) in [6, 6.07) is 7.35. The summed E-state index contributed by atoms with van der Waals surface area (Å²) in [7, 11) is 0. The molecule has 0 atom stereocenters. The van der Waals surface area contributed by atoms with Gasteiger partial charge in [-0.1, -0.05) is 29.8 Å². The highest BCUT2D eigenvalue weighted by Gasteiger charge is 2.38. The molecule has 0 spiro atoms. The maximum atomic E-state index is 11.9. The summed E-state index contributed by atoms with van der Waals surface area (Å²) < 4.78 is 35.6. The SMILES string of the molecule is Cc1ccc(CC(=O)NCCNC(=O)C(F)(F)F)cc1. The zero-order valence-corrected chi connectivity index (χ0v) is 10.9. The Morgan fingerprint density at radius 2 is 1.60 bits per heavy atom. The van der Waals surface area contributed by atoms with Crippen LogP contribution in [0.5, 0.6) is 0 Å². The van der Waals surface area contributed by atoms with Crippen molar-refractivity contribution in [2.75, 3.05) is 13.1 Å². The summed E-state index contributed by atoms with van der Waals surface area (Å²) in [6.07, 6.45) is -4.75. The first-order valence-electron chi connectivity index (χ1n) is 5.96. The van der Waals surface area contributed by atoms with Gasteiger partial charge in [-0.2, -0.15) is 13.2 Å². The Balaban J connectivity index is 2.24. The van der Waals surface area contributed by atoms with Crippen molar-refractivity contribution >= 4 is 11.8 Å². The van der Waals surface area contributed by atoms with Crippen LogP contribution in [-0.4, -0.2) is 31.1 Å². The van der Waals surface area contributed by atoms with Crippen LogP contribution in [0.25, 0.3) is 0 Å². The predicted octanol–water partition coefficient (Wildman–Crippen LogP) is 1.33. The first-order valence-corrected chi connectivity index (χ1v) is 5.96. The second-order valence-electron chi connectivity index (χ2n) is 4.27. The molecule has 0 aliphatic rings. The largest absolute Gasteiger partial charge is 0.471 e. The highest BCUT2D eigenvalue weighted by molar-refractivity contribution is 5.82. The van der Waals surface area contributed by atoms with Crippen LogP contribution in [0.15, 0.2) is 24.3 Å². The van der Waals surface area contributed by atoms with E-state index in [1.54, 1.807) is 17.4 Å². The Kier molecular flexibility index (Phi) is 5.54. The van der Waals surface area contributed by atoms with Gasteiger partial charge in [-0.05, 0) is 12.5 Å². The predicted molar refractivity (Wildman–Crippen MR) is 67.0 cm³/mol. The number of aryl methyl sites for hydroxylation is 1. The van der Waals surface area contributed by atoms with Crippen LogP contribution in [0.1, 0.15) is 11.1 Å². The zero-order valence-electron chi connectivity index (χ0n) is 10.9. The number of benzene rings is 1. The van der Waals surface area contributed by atoms with E-state index >= 15 is 0 Å². The van der Waals surface area contributed by atoms with Gasteiger partial charge in [0.1, 0.15) is 0 Å². The first-order chi connectivity index (χ1) is 9.29. The number of carbonyl (C=O) groups is 2. The molecule has 0 heterocycles.